The predicted octanol–water partition coefficient (Wildman–Crippen LogP) is 3.20. The fourth-order valence-corrected chi connectivity index (χ4v) is 2.73. The highest BCUT2D eigenvalue weighted by molar-refractivity contribution is 7.11. The summed E-state index contributed by atoms with van der Waals surface area (Å²) in [6, 6.07) is 3.74. The van der Waals surface area contributed by atoms with E-state index in [2.05, 4.69) is 34.3 Å². The van der Waals surface area contributed by atoms with Crippen molar-refractivity contribution < 1.29 is 8.94 Å². The molecule has 0 radical (unpaired) electrons. The zero-order valence-electron chi connectivity index (χ0n) is 11.9. The zero-order valence-corrected chi connectivity index (χ0v) is 12.7. The van der Waals surface area contributed by atoms with Gasteiger partial charge in [-0.25, -0.2) is 4.98 Å². The van der Waals surface area contributed by atoms with E-state index in [0.29, 0.717) is 24.0 Å². The molecule has 0 aromatic carbocycles. The number of thiazole rings is 1. The van der Waals surface area contributed by atoms with Crippen molar-refractivity contribution in [3.8, 4) is 11.6 Å². The van der Waals surface area contributed by atoms with Gasteiger partial charge in [0.1, 0.15) is 5.01 Å². The number of nitrogens with zero attached hydrogens (tertiary/aromatic N) is 3. The molecule has 6 nitrogen and oxygen atoms in total. The van der Waals surface area contributed by atoms with Gasteiger partial charge < -0.3 is 8.94 Å². The smallest absolute Gasteiger partial charge is 0.241 e. The van der Waals surface area contributed by atoms with Crippen LogP contribution in [-0.4, -0.2) is 15.1 Å². The number of hydrogen-bond acceptors (Lipinski definition) is 7. The maximum atomic E-state index is 5.23. The molecule has 0 aliphatic rings. The molecule has 0 aliphatic carbocycles. The number of aromatic nitrogens is 3. The molecule has 0 bridgehead atoms. The zero-order chi connectivity index (χ0) is 14.7. The highest BCUT2D eigenvalue weighted by Gasteiger charge is 2.13. The summed E-state index contributed by atoms with van der Waals surface area (Å²) in [5.74, 6) is 1.60. The van der Waals surface area contributed by atoms with Gasteiger partial charge >= 0.3 is 0 Å². The normalized spacial score (nSPS) is 12.7. The average Bonchev–Trinajstić information content (AvgIpc) is 3.24. The second-order valence-electron chi connectivity index (χ2n) is 4.61. The molecule has 3 heterocycles. The maximum absolute atomic E-state index is 5.23. The number of rotatable bonds is 6. The van der Waals surface area contributed by atoms with E-state index < -0.39 is 0 Å². The van der Waals surface area contributed by atoms with Crippen molar-refractivity contribution in [2.24, 2.45) is 0 Å². The molecule has 0 saturated carbocycles. The number of hydrogen-bond donors (Lipinski definition) is 1. The highest BCUT2D eigenvalue weighted by Crippen LogP contribution is 2.21. The molecular formula is C14H16N4O2S. The molecular weight excluding hydrogens is 288 g/mol. The lowest BCUT2D eigenvalue weighted by molar-refractivity contribution is 0.359. The van der Waals surface area contributed by atoms with Crippen LogP contribution < -0.4 is 5.32 Å². The lowest BCUT2D eigenvalue weighted by Gasteiger charge is -2.08. The lowest BCUT2D eigenvalue weighted by Crippen LogP contribution is -2.18. The van der Waals surface area contributed by atoms with Gasteiger partial charge in [-0.3, -0.25) is 5.32 Å². The lowest BCUT2D eigenvalue weighted by atomic mass is 10.3. The van der Waals surface area contributed by atoms with Crippen LogP contribution in [0, 0.1) is 0 Å². The van der Waals surface area contributed by atoms with Crippen LogP contribution in [0.4, 0.5) is 0 Å². The summed E-state index contributed by atoms with van der Waals surface area (Å²) >= 11 is 1.72. The minimum absolute atomic E-state index is 0.147. The average molecular weight is 304 g/mol. The predicted molar refractivity (Wildman–Crippen MR) is 78.7 cm³/mol. The third-order valence-electron chi connectivity index (χ3n) is 3.06. The van der Waals surface area contributed by atoms with Gasteiger partial charge in [0, 0.05) is 11.1 Å². The first-order chi connectivity index (χ1) is 10.3. The van der Waals surface area contributed by atoms with Crippen molar-refractivity contribution in [3.63, 3.8) is 0 Å². The Bertz CT molecular complexity index is 689. The van der Waals surface area contributed by atoms with Crippen molar-refractivity contribution in [1.82, 2.24) is 20.4 Å². The molecule has 3 aromatic heterocycles. The molecule has 1 N–H and O–H groups in total. The van der Waals surface area contributed by atoms with E-state index >= 15 is 0 Å². The quantitative estimate of drug-likeness (QED) is 0.753. The molecule has 0 saturated heterocycles. The fourth-order valence-electron chi connectivity index (χ4n) is 1.85. The fraction of sp³-hybridized carbons (Fsp3) is 0.357. The second-order valence-corrected chi connectivity index (χ2v) is 5.76. The van der Waals surface area contributed by atoms with E-state index in [4.69, 9.17) is 8.94 Å². The second kappa shape index (κ2) is 6.19. The summed E-state index contributed by atoms with van der Waals surface area (Å²) in [6.45, 7) is 4.70. The molecule has 0 spiro atoms. The highest BCUT2D eigenvalue weighted by atomic mass is 32.1. The minimum Gasteiger partial charge on any atom is -0.461 e. The van der Waals surface area contributed by atoms with E-state index in [0.717, 1.165) is 11.4 Å². The van der Waals surface area contributed by atoms with Crippen molar-refractivity contribution in [1.29, 1.82) is 0 Å². The van der Waals surface area contributed by atoms with Crippen molar-refractivity contribution >= 4 is 11.3 Å². The van der Waals surface area contributed by atoms with Gasteiger partial charge in [-0.05, 0) is 25.5 Å². The van der Waals surface area contributed by atoms with Crippen LogP contribution in [0.15, 0.2) is 33.5 Å². The molecule has 0 amide bonds. The maximum Gasteiger partial charge on any atom is 0.241 e. The van der Waals surface area contributed by atoms with E-state index in [1.165, 1.54) is 4.88 Å². The minimum atomic E-state index is 0.147. The first kappa shape index (κ1) is 14.0. The molecule has 3 aromatic rings. The van der Waals surface area contributed by atoms with Gasteiger partial charge in [0.15, 0.2) is 5.76 Å². The Labute approximate surface area is 126 Å². The van der Waals surface area contributed by atoms with E-state index in [-0.39, 0.29) is 6.04 Å². The summed E-state index contributed by atoms with van der Waals surface area (Å²) in [7, 11) is 0. The van der Waals surface area contributed by atoms with Gasteiger partial charge in [-0.2, -0.15) is 4.98 Å². The van der Waals surface area contributed by atoms with Gasteiger partial charge in [0.2, 0.25) is 11.7 Å². The summed E-state index contributed by atoms with van der Waals surface area (Å²) < 4.78 is 10.4. The van der Waals surface area contributed by atoms with Crippen LogP contribution in [0.1, 0.15) is 35.7 Å². The monoisotopic (exact) mass is 304 g/mol. The largest absolute Gasteiger partial charge is 0.461 e. The molecule has 7 heteroatoms. The van der Waals surface area contributed by atoms with Gasteiger partial charge in [-0.1, -0.05) is 12.1 Å². The Kier molecular flexibility index (Phi) is 4.12. The molecule has 1 atom stereocenters. The topological polar surface area (TPSA) is 77.0 Å². The van der Waals surface area contributed by atoms with Crippen molar-refractivity contribution in [2.45, 2.75) is 32.9 Å². The van der Waals surface area contributed by atoms with E-state index in [1.807, 2.05) is 6.20 Å². The standard InChI is InChI=1S/C14H16N4O2S/c1-3-10-7-16-14(21-10)9(2)15-8-12-17-13(18-20-12)11-5-4-6-19-11/h4-7,9,15H,3,8H2,1-2H3. The van der Waals surface area contributed by atoms with Crippen LogP contribution in [0.3, 0.4) is 0 Å². The van der Waals surface area contributed by atoms with Crippen molar-refractivity contribution in [2.75, 3.05) is 0 Å². The Morgan fingerprint density at radius 1 is 1.43 bits per heavy atom. The van der Waals surface area contributed by atoms with Crippen molar-refractivity contribution in [3.05, 3.63) is 40.4 Å². The van der Waals surface area contributed by atoms with Crippen LogP contribution in [0.25, 0.3) is 11.6 Å². The molecule has 3 rings (SSSR count). The summed E-state index contributed by atoms with van der Waals surface area (Å²) in [4.78, 5) is 10.00. The Hall–Kier alpha value is -1.99. The summed E-state index contributed by atoms with van der Waals surface area (Å²) in [5.41, 5.74) is 0. The van der Waals surface area contributed by atoms with Gasteiger partial charge in [0.05, 0.1) is 18.8 Å². The third kappa shape index (κ3) is 3.20. The molecule has 21 heavy (non-hydrogen) atoms. The SMILES string of the molecule is CCc1cnc(C(C)NCc2nc(-c3ccco3)no2)s1. The Balaban J connectivity index is 1.60. The Morgan fingerprint density at radius 3 is 3.05 bits per heavy atom. The third-order valence-corrected chi connectivity index (χ3v) is 4.38. The summed E-state index contributed by atoms with van der Waals surface area (Å²) in [6.07, 6.45) is 4.53. The van der Waals surface area contributed by atoms with Crippen LogP contribution in [-0.2, 0) is 13.0 Å². The van der Waals surface area contributed by atoms with E-state index in [9.17, 15) is 0 Å². The first-order valence-corrected chi connectivity index (χ1v) is 7.62. The van der Waals surface area contributed by atoms with E-state index in [1.54, 1.807) is 29.7 Å². The number of nitrogens with one attached hydrogen (secondary N) is 1. The van der Waals surface area contributed by atoms with Crippen LogP contribution in [0.2, 0.25) is 0 Å². The molecule has 1 unspecified atom stereocenters. The Morgan fingerprint density at radius 2 is 2.33 bits per heavy atom. The molecule has 0 aliphatic heterocycles. The van der Waals surface area contributed by atoms with Gasteiger partial charge in [0.25, 0.3) is 0 Å². The summed E-state index contributed by atoms with van der Waals surface area (Å²) in [5, 5.41) is 8.29. The van der Waals surface area contributed by atoms with Crippen LogP contribution in [0.5, 0.6) is 0 Å². The molecule has 110 valence electrons. The van der Waals surface area contributed by atoms with Crippen LogP contribution >= 0.6 is 11.3 Å². The molecule has 0 fully saturated rings. The van der Waals surface area contributed by atoms with Gasteiger partial charge in [-0.15, -0.1) is 11.3 Å². The number of furan rings is 1. The first-order valence-electron chi connectivity index (χ1n) is 6.80. The number of aryl methyl sites for hydroxylation is 1.